The van der Waals surface area contributed by atoms with Gasteiger partial charge in [0.2, 0.25) is 5.76 Å². The van der Waals surface area contributed by atoms with E-state index in [-0.39, 0.29) is 19.0 Å². The number of pyridine rings is 1. The van der Waals surface area contributed by atoms with Crippen molar-refractivity contribution in [2.45, 2.75) is 23.5 Å². The molecule has 2 aromatic heterocycles. The van der Waals surface area contributed by atoms with Crippen molar-refractivity contribution >= 4 is 34.7 Å². The number of hydrogen-bond acceptors (Lipinski definition) is 7. The lowest BCUT2D eigenvalue weighted by molar-refractivity contribution is 0.0432. The zero-order valence-electron chi connectivity index (χ0n) is 16.7. The van der Waals surface area contributed by atoms with Crippen molar-refractivity contribution in [1.29, 1.82) is 0 Å². The number of hydrogen-bond donors (Lipinski definition) is 0. The molecule has 7 heteroatoms. The molecule has 156 valence electrons. The van der Waals surface area contributed by atoms with E-state index >= 15 is 0 Å². The Bertz CT molecular complexity index is 1220. The normalized spacial score (nSPS) is 10.7. The average molecular weight is 433 g/mol. The van der Waals surface area contributed by atoms with Crippen molar-refractivity contribution in [2.24, 2.45) is 0 Å². The molecule has 2 heterocycles. The van der Waals surface area contributed by atoms with Gasteiger partial charge in [-0.2, -0.15) is 0 Å². The minimum Gasteiger partial charge on any atom is -0.460 e. The van der Waals surface area contributed by atoms with Crippen LogP contribution in [0.15, 0.2) is 87.3 Å². The fourth-order valence-electron chi connectivity index (χ4n) is 3.05. The van der Waals surface area contributed by atoms with Crippen LogP contribution < -0.4 is 0 Å². The Balaban J connectivity index is 1.58. The van der Waals surface area contributed by atoms with E-state index in [9.17, 15) is 9.59 Å². The van der Waals surface area contributed by atoms with Crippen LogP contribution in [0.2, 0.25) is 0 Å². The number of ether oxygens (including phenoxy) is 2. The maximum atomic E-state index is 12.9. The molecule has 0 spiro atoms. The van der Waals surface area contributed by atoms with Crippen molar-refractivity contribution in [3.63, 3.8) is 0 Å². The van der Waals surface area contributed by atoms with E-state index in [1.54, 1.807) is 37.4 Å². The minimum atomic E-state index is -0.591. The van der Waals surface area contributed by atoms with E-state index < -0.39 is 11.9 Å². The van der Waals surface area contributed by atoms with Gasteiger partial charge in [0.25, 0.3) is 0 Å². The van der Waals surface area contributed by atoms with Gasteiger partial charge in [-0.15, -0.1) is 0 Å². The summed E-state index contributed by atoms with van der Waals surface area (Å²) in [6, 6.07) is 20.2. The van der Waals surface area contributed by atoms with Crippen molar-refractivity contribution in [3.8, 4) is 0 Å². The molecule has 0 unspecified atom stereocenters. The van der Waals surface area contributed by atoms with Gasteiger partial charge in [0.1, 0.15) is 17.2 Å². The molecule has 0 N–H and O–H groups in total. The topological polar surface area (TPSA) is 78.6 Å². The number of esters is 2. The minimum absolute atomic E-state index is 0.0425. The molecule has 0 bridgehead atoms. The fraction of sp³-hybridized carbons (Fsp3) is 0.125. The number of carbonyl (C=O) groups is 2. The van der Waals surface area contributed by atoms with E-state index in [1.807, 2.05) is 42.5 Å². The smallest absolute Gasteiger partial charge is 0.374 e. The molecule has 31 heavy (non-hydrogen) atoms. The summed E-state index contributed by atoms with van der Waals surface area (Å²) in [5, 5.41) is 1.24. The molecule has 4 rings (SSSR count). The van der Waals surface area contributed by atoms with Crippen LogP contribution in [0.25, 0.3) is 11.0 Å². The molecule has 6 nitrogen and oxygen atoms in total. The third-order valence-electron chi connectivity index (χ3n) is 4.46. The summed E-state index contributed by atoms with van der Waals surface area (Å²) in [4.78, 5) is 30.5. The van der Waals surface area contributed by atoms with Crippen LogP contribution in [0.5, 0.6) is 0 Å². The second-order valence-corrected chi connectivity index (χ2v) is 7.54. The molecule has 0 amide bonds. The molecule has 2 aromatic carbocycles. The van der Waals surface area contributed by atoms with Gasteiger partial charge in [0.05, 0.1) is 17.7 Å². The summed E-state index contributed by atoms with van der Waals surface area (Å²) in [6.45, 7) is 1.80. The van der Waals surface area contributed by atoms with E-state index in [0.717, 1.165) is 4.90 Å². The van der Waals surface area contributed by atoms with Crippen molar-refractivity contribution in [3.05, 3.63) is 89.8 Å². The summed E-state index contributed by atoms with van der Waals surface area (Å²) in [5.41, 5.74) is 1.35. The quantitative estimate of drug-likeness (QED) is 0.355. The number of para-hydroxylation sites is 1. The summed E-state index contributed by atoms with van der Waals surface area (Å²) < 4.78 is 16.3. The molecule has 0 aliphatic carbocycles. The summed E-state index contributed by atoms with van der Waals surface area (Å²) in [6.07, 6.45) is 1.63. The first-order valence-corrected chi connectivity index (χ1v) is 10.5. The largest absolute Gasteiger partial charge is 0.460 e. The Labute approximate surface area is 183 Å². The van der Waals surface area contributed by atoms with Crippen LogP contribution in [0.1, 0.15) is 33.4 Å². The second-order valence-electron chi connectivity index (χ2n) is 6.47. The maximum Gasteiger partial charge on any atom is 0.374 e. The highest BCUT2D eigenvalue weighted by molar-refractivity contribution is 7.99. The molecule has 0 aliphatic rings. The lowest BCUT2D eigenvalue weighted by Crippen LogP contribution is -2.11. The Morgan fingerprint density at radius 3 is 2.52 bits per heavy atom. The first-order chi connectivity index (χ1) is 15.2. The number of aromatic nitrogens is 1. The molecule has 0 saturated carbocycles. The fourth-order valence-corrected chi connectivity index (χ4v) is 3.94. The number of furan rings is 1. The molecular formula is C24H19NO5S. The van der Waals surface area contributed by atoms with Gasteiger partial charge in [-0.25, -0.2) is 14.6 Å². The van der Waals surface area contributed by atoms with Crippen LogP contribution in [0.4, 0.5) is 0 Å². The van der Waals surface area contributed by atoms with Gasteiger partial charge in [0, 0.05) is 16.5 Å². The lowest BCUT2D eigenvalue weighted by Gasteiger charge is -2.09. The lowest BCUT2D eigenvalue weighted by atomic mass is 10.1. The highest BCUT2D eigenvalue weighted by Crippen LogP contribution is 2.30. The molecule has 0 saturated heterocycles. The average Bonchev–Trinajstić information content (AvgIpc) is 3.17. The van der Waals surface area contributed by atoms with Gasteiger partial charge in [-0.05, 0) is 37.3 Å². The Morgan fingerprint density at radius 2 is 1.71 bits per heavy atom. The summed E-state index contributed by atoms with van der Waals surface area (Å²) in [7, 11) is 0. The predicted octanol–water partition coefficient (Wildman–Crippen LogP) is 5.51. The van der Waals surface area contributed by atoms with Crippen LogP contribution >= 0.6 is 11.8 Å². The van der Waals surface area contributed by atoms with E-state index in [4.69, 9.17) is 13.9 Å². The van der Waals surface area contributed by atoms with Gasteiger partial charge in [-0.1, -0.05) is 48.2 Å². The first-order valence-electron chi connectivity index (χ1n) is 9.70. The number of benzene rings is 2. The zero-order chi connectivity index (χ0) is 21.6. The molecule has 4 aromatic rings. The van der Waals surface area contributed by atoms with Crippen LogP contribution in [0.3, 0.4) is 0 Å². The first kappa shape index (κ1) is 20.7. The Kier molecular flexibility index (Phi) is 6.33. The van der Waals surface area contributed by atoms with Crippen LogP contribution in [-0.2, 0) is 16.1 Å². The molecule has 0 atom stereocenters. The SMILES string of the molecule is CCOC(=O)c1oc2ccccc2c1COC(=O)c1cccnc1Sc1ccccc1. The number of rotatable bonds is 7. The second kappa shape index (κ2) is 9.49. The van der Waals surface area contributed by atoms with E-state index in [1.165, 1.54) is 11.8 Å². The number of fused-ring (bicyclic) bond motifs is 1. The number of nitrogens with zero attached hydrogens (tertiary/aromatic N) is 1. The van der Waals surface area contributed by atoms with Crippen molar-refractivity contribution in [1.82, 2.24) is 4.98 Å². The maximum absolute atomic E-state index is 12.9. The molecule has 0 aliphatic heterocycles. The zero-order valence-corrected chi connectivity index (χ0v) is 17.6. The highest BCUT2D eigenvalue weighted by atomic mass is 32.2. The van der Waals surface area contributed by atoms with Gasteiger partial charge in [-0.3, -0.25) is 0 Å². The van der Waals surface area contributed by atoms with Gasteiger partial charge < -0.3 is 13.9 Å². The van der Waals surface area contributed by atoms with Crippen molar-refractivity contribution in [2.75, 3.05) is 6.61 Å². The molecular weight excluding hydrogens is 414 g/mol. The van der Waals surface area contributed by atoms with E-state index in [2.05, 4.69) is 4.98 Å². The van der Waals surface area contributed by atoms with Crippen LogP contribution in [0, 0.1) is 0 Å². The summed E-state index contributed by atoms with van der Waals surface area (Å²) in [5.74, 6) is -1.08. The standard InChI is InChI=1S/C24H19NO5S/c1-2-28-24(27)21-19(17-11-6-7-13-20(17)30-21)15-29-23(26)18-12-8-14-25-22(18)31-16-9-4-3-5-10-16/h3-14H,2,15H2,1H3. The predicted molar refractivity (Wildman–Crippen MR) is 116 cm³/mol. The van der Waals surface area contributed by atoms with Gasteiger partial charge >= 0.3 is 11.9 Å². The van der Waals surface area contributed by atoms with E-state index in [0.29, 0.717) is 27.1 Å². The molecule has 0 radical (unpaired) electrons. The van der Waals surface area contributed by atoms with Crippen LogP contribution in [-0.4, -0.2) is 23.5 Å². The third kappa shape index (κ3) is 4.62. The number of carbonyl (C=O) groups excluding carboxylic acids is 2. The molecule has 0 fully saturated rings. The highest BCUT2D eigenvalue weighted by Gasteiger charge is 2.23. The van der Waals surface area contributed by atoms with Crippen molar-refractivity contribution < 1.29 is 23.5 Å². The third-order valence-corrected chi connectivity index (χ3v) is 5.48. The monoisotopic (exact) mass is 433 g/mol. The Morgan fingerprint density at radius 1 is 0.935 bits per heavy atom. The Hall–Kier alpha value is -3.58. The summed E-state index contributed by atoms with van der Waals surface area (Å²) >= 11 is 1.38. The van der Waals surface area contributed by atoms with Gasteiger partial charge in [0.15, 0.2) is 0 Å².